The minimum Gasteiger partial charge on any atom is -0.478 e. The summed E-state index contributed by atoms with van der Waals surface area (Å²) in [4.78, 5) is 29.8. The fourth-order valence-corrected chi connectivity index (χ4v) is 2.75. The lowest BCUT2D eigenvalue weighted by Crippen LogP contribution is -2.26. The van der Waals surface area contributed by atoms with Crippen LogP contribution in [0.5, 0.6) is 0 Å². The lowest BCUT2D eigenvalue weighted by atomic mass is 9.97. The van der Waals surface area contributed by atoms with Gasteiger partial charge in [0.15, 0.2) is 0 Å². The molecule has 0 fully saturated rings. The first-order chi connectivity index (χ1) is 12.1. The van der Waals surface area contributed by atoms with Gasteiger partial charge in [-0.3, -0.25) is 9.69 Å². The van der Waals surface area contributed by atoms with Gasteiger partial charge in [-0.25, -0.2) is 9.78 Å². The van der Waals surface area contributed by atoms with Crippen molar-refractivity contribution in [3.05, 3.63) is 78.5 Å². The number of benzene rings is 2. The molecule has 0 aliphatic carbocycles. The van der Waals surface area contributed by atoms with E-state index in [0.717, 1.165) is 5.56 Å². The first-order valence-corrected chi connectivity index (χ1v) is 7.73. The van der Waals surface area contributed by atoms with Crippen molar-refractivity contribution in [2.24, 2.45) is 0 Å². The second kappa shape index (κ2) is 6.97. The summed E-state index contributed by atoms with van der Waals surface area (Å²) in [6, 6.07) is 19.5. The van der Waals surface area contributed by atoms with Crippen LogP contribution in [0.1, 0.15) is 17.3 Å². The molecule has 3 aromatic rings. The predicted octanol–water partition coefficient (Wildman–Crippen LogP) is 4.13. The third-order valence-electron chi connectivity index (χ3n) is 3.78. The van der Waals surface area contributed by atoms with Gasteiger partial charge in [0.05, 0.1) is 11.3 Å². The zero-order valence-corrected chi connectivity index (χ0v) is 13.6. The summed E-state index contributed by atoms with van der Waals surface area (Å²) in [7, 11) is 0. The molecule has 0 aliphatic heterocycles. The summed E-state index contributed by atoms with van der Waals surface area (Å²) >= 11 is 0. The average molecular weight is 332 g/mol. The zero-order valence-electron chi connectivity index (χ0n) is 13.6. The van der Waals surface area contributed by atoms with Crippen LogP contribution in [0.15, 0.2) is 72.9 Å². The molecule has 3 rings (SSSR count). The number of hydrogen-bond acceptors (Lipinski definition) is 3. The Hall–Kier alpha value is -3.47. The Morgan fingerprint density at radius 1 is 0.920 bits per heavy atom. The fourth-order valence-electron chi connectivity index (χ4n) is 2.75. The maximum atomic E-state index is 12.3. The first kappa shape index (κ1) is 16.4. The van der Waals surface area contributed by atoms with Gasteiger partial charge in [-0.2, -0.15) is 0 Å². The van der Waals surface area contributed by atoms with E-state index < -0.39 is 5.97 Å². The molecule has 0 unspecified atom stereocenters. The summed E-state index contributed by atoms with van der Waals surface area (Å²) in [5.74, 6) is -1.04. The summed E-state index contributed by atoms with van der Waals surface area (Å²) in [6.45, 7) is 1.38. The monoisotopic (exact) mass is 332 g/mol. The largest absolute Gasteiger partial charge is 0.478 e. The van der Waals surface area contributed by atoms with Gasteiger partial charge < -0.3 is 5.11 Å². The molecular formula is C20H16N2O3. The van der Waals surface area contributed by atoms with E-state index in [1.807, 2.05) is 30.3 Å². The van der Waals surface area contributed by atoms with Crippen LogP contribution in [0.2, 0.25) is 0 Å². The molecule has 5 nitrogen and oxygen atoms in total. The minimum absolute atomic E-state index is 0.0644. The molecule has 0 saturated heterocycles. The molecule has 0 radical (unpaired) electrons. The van der Waals surface area contributed by atoms with Crippen molar-refractivity contribution in [2.75, 3.05) is 4.90 Å². The quantitative estimate of drug-likeness (QED) is 0.780. The van der Waals surface area contributed by atoms with Gasteiger partial charge in [-0.15, -0.1) is 0 Å². The number of aromatic nitrogens is 1. The summed E-state index contributed by atoms with van der Waals surface area (Å²) in [5.41, 5.74) is 1.67. The number of carbonyl (C=O) groups excluding carboxylic acids is 1. The van der Waals surface area contributed by atoms with Crippen molar-refractivity contribution in [1.29, 1.82) is 0 Å². The molecule has 0 bridgehead atoms. The lowest BCUT2D eigenvalue weighted by Gasteiger charge is -2.23. The molecule has 0 atom stereocenters. The Morgan fingerprint density at radius 2 is 1.64 bits per heavy atom. The van der Waals surface area contributed by atoms with E-state index >= 15 is 0 Å². The maximum absolute atomic E-state index is 12.3. The van der Waals surface area contributed by atoms with Gasteiger partial charge in [-0.1, -0.05) is 48.5 Å². The molecule has 2 aromatic carbocycles. The molecule has 1 N–H and O–H groups in total. The van der Waals surface area contributed by atoms with Crippen molar-refractivity contribution < 1.29 is 14.7 Å². The summed E-state index contributed by atoms with van der Waals surface area (Å²) < 4.78 is 0. The third kappa shape index (κ3) is 3.26. The van der Waals surface area contributed by atoms with E-state index in [9.17, 15) is 14.7 Å². The molecule has 124 valence electrons. The second-order valence-electron chi connectivity index (χ2n) is 5.41. The highest BCUT2D eigenvalue weighted by molar-refractivity contribution is 6.08. The molecule has 5 heteroatoms. The number of nitrogens with zero attached hydrogens (tertiary/aromatic N) is 2. The van der Waals surface area contributed by atoms with Crippen molar-refractivity contribution >= 4 is 23.4 Å². The van der Waals surface area contributed by atoms with Gasteiger partial charge in [0.25, 0.3) is 0 Å². The number of carboxylic acids is 1. The lowest BCUT2D eigenvalue weighted by molar-refractivity contribution is -0.115. The van der Waals surface area contributed by atoms with E-state index in [1.54, 1.807) is 42.6 Å². The van der Waals surface area contributed by atoms with Crippen LogP contribution in [0.25, 0.3) is 11.1 Å². The zero-order chi connectivity index (χ0) is 17.8. The van der Waals surface area contributed by atoms with Gasteiger partial charge >= 0.3 is 5.97 Å². The van der Waals surface area contributed by atoms with Crippen LogP contribution < -0.4 is 4.90 Å². The Morgan fingerprint density at radius 3 is 2.24 bits per heavy atom. The fraction of sp³-hybridized carbons (Fsp3) is 0.0500. The van der Waals surface area contributed by atoms with Crippen LogP contribution in [0.3, 0.4) is 0 Å². The Kier molecular flexibility index (Phi) is 4.57. The van der Waals surface area contributed by atoms with Crippen molar-refractivity contribution in [2.45, 2.75) is 6.92 Å². The Labute approximate surface area is 145 Å². The highest BCUT2D eigenvalue weighted by Gasteiger charge is 2.24. The third-order valence-corrected chi connectivity index (χ3v) is 3.78. The van der Waals surface area contributed by atoms with Gasteiger partial charge in [0, 0.05) is 13.1 Å². The van der Waals surface area contributed by atoms with E-state index in [1.165, 1.54) is 11.8 Å². The van der Waals surface area contributed by atoms with Crippen LogP contribution in [-0.4, -0.2) is 22.0 Å². The van der Waals surface area contributed by atoms with E-state index in [0.29, 0.717) is 17.1 Å². The number of aromatic carboxylic acids is 1. The summed E-state index contributed by atoms with van der Waals surface area (Å²) in [5, 5.41) is 9.83. The van der Waals surface area contributed by atoms with Gasteiger partial charge in [0.1, 0.15) is 5.82 Å². The SMILES string of the molecule is CC(=O)N(c1ccccn1)c1cccc(-c2ccccc2)c1C(=O)O. The predicted molar refractivity (Wildman–Crippen MR) is 95.9 cm³/mol. The number of pyridine rings is 1. The van der Waals surface area contributed by atoms with E-state index in [4.69, 9.17) is 0 Å². The number of hydrogen-bond donors (Lipinski definition) is 1. The van der Waals surface area contributed by atoms with E-state index in [-0.39, 0.29) is 11.5 Å². The molecule has 0 spiro atoms. The standard InChI is InChI=1S/C20H16N2O3/c1-14(23)22(18-12-5-6-13-21-18)17-11-7-10-16(19(17)20(24)25)15-8-3-2-4-9-15/h2-13H,1H3,(H,24,25). The molecule has 1 amide bonds. The number of carbonyl (C=O) groups is 2. The Bertz CT molecular complexity index is 909. The van der Waals surface area contributed by atoms with Crippen LogP contribution in [0, 0.1) is 0 Å². The minimum atomic E-state index is -1.10. The number of amides is 1. The topological polar surface area (TPSA) is 70.5 Å². The van der Waals surface area contributed by atoms with E-state index in [2.05, 4.69) is 4.98 Å². The summed E-state index contributed by atoms with van der Waals surface area (Å²) in [6.07, 6.45) is 1.56. The highest BCUT2D eigenvalue weighted by Crippen LogP contribution is 2.34. The second-order valence-corrected chi connectivity index (χ2v) is 5.41. The van der Waals surface area contributed by atoms with Gasteiger partial charge in [-0.05, 0) is 29.3 Å². The molecule has 25 heavy (non-hydrogen) atoms. The number of rotatable bonds is 4. The Balaban J connectivity index is 2.25. The van der Waals surface area contributed by atoms with Crippen LogP contribution >= 0.6 is 0 Å². The molecule has 1 aromatic heterocycles. The molecular weight excluding hydrogens is 316 g/mol. The molecule has 0 aliphatic rings. The first-order valence-electron chi connectivity index (χ1n) is 7.73. The molecule has 0 saturated carbocycles. The average Bonchev–Trinajstić information content (AvgIpc) is 2.63. The smallest absolute Gasteiger partial charge is 0.338 e. The van der Waals surface area contributed by atoms with Gasteiger partial charge in [0.2, 0.25) is 5.91 Å². The van der Waals surface area contributed by atoms with Crippen molar-refractivity contribution in [1.82, 2.24) is 4.98 Å². The maximum Gasteiger partial charge on any atom is 0.338 e. The molecule has 1 heterocycles. The number of anilines is 2. The van der Waals surface area contributed by atoms with Crippen molar-refractivity contribution in [3.8, 4) is 11.1 Å². The van der Waals surface area contributed by atoms with Crippen molar-refractivity contribution in [3.63, 3.8) is 0 Å². The normalized spacial score (nSPS) is 10.3. The van der Waals surface area contributed by atoms with Crippen LogP contribution in [0.4, 0.5) is 11.5 Å². The highest BCUT2D eigenvalue weighted by atomic mass is 16.4. The van der Waals surface area contributed by atoms with Crippen LogP contribution in [-0.2, 0) is 4.79 Å². The number of carboxylic acid groups (broad SMARTS) is 1.